The summed E-state index contributed by atoms with van der Waals surface area (Å²) in [5.74, 6) is 0. The zero-order valence-corrected chi connectivity index (χ0v) is 12.0. The molecule has 1 aromatic carbocycles. The molecule has 0 bridgehead atoms. The molecule has 2 N–H and O–H groups in total. The first kappa shape index (κ1) is 12.4. The molecule has 3 nitrogen and oxygen atoms in total. The number of nitrogens with two attached hydrogens (primary N) is 1. The maximum Gasteiger partial charge on any atom is 0.0794 e. The van der Waals surface area contributed by atoms with Gasteiger partial charge in [0.25, 0.3) is 0 Å². The summed E-state index contributed by atoms with van der Waals surface area (Å²) in [4.78, 5) is 5.43. The molecule has 4 heteroatoms. The van der Waals surface area contributed by atoms with E-state index in [1.54, 1.807) is 11.3 Å². The third kappa shape index (κ3) is 2.07. The summed E-state index contributed by atoms with van der Waals surface area (Å²) in [6.45, 7) is 5.84. The molecule has 0 unspecified atom stereocenters. The van der Waals surface area contributed by atoms with E-state index in [1.807, 2.05) is 11.7 Å². The van der Waals surface area contributed by atoms with E-state index in [0.29, 0.717) is 6.54 Å². The van der Waals surface area contributed by atoms with Crippen LogP contribution in [0.1, 0.15) is 21.7 Å². The summed E-state index contributed by atoms with van der Waals surface area (Å²) in [7, 11) is 0. The lowest BCUT2D eigenvalue weighted by Crippen LogP contribution is -2.00. The van der Waals surface area contributed by atoms with Crippen molar-refractivity contribution >= 4 is 22.2 Å². The lowest BCUT2D eigenvalue weighted by Gasteiger charge is -2.06. The highest BCUT2D eigenvalue weighted by Crippen LogP contribution is 2.27. The Labute approximate surface area is 116 Å². The smallest absolute Gasteiger partial charge is 0.0794 e. The van der Waals surface area contributed by atoms with Crippen LogP contribution >= 0.6 is 11.3 Å². The first-order chi connectivity index (χ1) is 9.20. The molecule has 98 valence electrons. The molecular weight excluding hydrogens is 254 g/mol. The molecule has 0 saturated carbocycles. The van der Waals surface area contributed by atoms with Crippen molar-refractivity contribution in [1.29, 1.82) is 0 Å². The standard InChI is InChI=1S/C15H17N3S/c1-10-11(2)18(8-13-7-17-9-19-13)15-4-3-12(6-16)5-14(10)15/h3-5,7,9H,6,8,16H2,1-2H3. The summed E-state index contributed by atoms with van der Waals surface area (Å²) in [6, 6.07) is 6.50. The van der Waals surface area contributed by atoms with Crippen LogP contribution in [0.2, 0.25) is 0 Å². The van der Waals surface area contributed by atoms with Crippen molar-refractivity contribution in [2.45, 2.75) is 26.9 Å². The summed E-state index contributed by atoms with van der Waals surface area (Å²) in [5, 5.41) is 1.31. The average Bonchev–Trinajstić information content (AvgIpc) is 3.02. The number of hydrogen-bond donors (Lipinski definition) is 1. The highest BCUT2D eigenvalue weighted by molar-refractivity contribution is 7.09. The van der Waals surface area contributed by atoms with Crippen molar-refractivity contribution in [2.24, 2.45) is 5.73 Å². The molecule has 0 aliphatic carbocycles. The molecule has 0 amide bonds. The van der Waals surface area contributed by atoms with E-state index in [1.165, 1.54) is 32.6 Å². The maximum absolute atomic E-state index is 5.73. The SMILES string of the molecule is Cc1c(C)n(Cc2cncs2)c2ccc(CN)cc12. The van der Waals surface area contributed by atoms with Gasteiger partial charge in [0.05, 0.1) is 12.1 Å². The quantitative estimate of drug-likeness (QED) is 0.795. The van der Waals surface area contributed by atoms with Gasteiger partial charge >= 0.3 is 0 Å². The Morgan fingerprint density at radius 1 is 1.32 bits per heavy atom. The second-order valence-electron chi connectivity index (χ2n) is 4.82. The van der Waals surface area contributed by atoms with E-state index in [0.717, 1.165) is 6.54 Å². The van der Waals surface area contributed by atoms with Crippen LogP contribution in [-0.2, 0) is 13.1 Å². The Balaban J connectivity index is 2.16. The van der Waals surface area contributed by atoms with Gasteiger partial charge in [0, 0.05) is 34.2 Å². The average molecular weight is 271 g/mol. The molecule has 0 spiro atoms. The van der Waals surface area contributed by atoms with Crippen LogP contribution in [0.4, 0.5) is 0 Å². The highest BCUT2D eigenvalue weighted by atomic mass is 32.1. The van der Waals surface area contributed by atoms with Crippen molar-refractivity contribution in [3.8, 4) is 0 Å². The monoisotopic (exact) mass is 271 g/mol. The Kier molecular flexibility index (Phi) is 3.12. The van der Waals surface area contributed by atoms with E-state index >= 15 is 0 Å². The second-order valence-corrected chi connectivity index (χ2v) is 5.79. The van der Waals surface area contributed by atoms with E-state index in [-0.39, 0.29) is 0 Å². The molecule has 2 aromatic heterocycles. The minimum absolute atomic E-state index is 0.592. The largest absolute Gasteiger partial charge is 0.339 e. The van der Waals surface area contributed by atoms with Crippen LogP contribution in [0.15, 0.2) is 29.9 Å². The van der Waals surface area contributed by atoms with Crippen LogP contribution in [0.5, 0.6) is 0 Å². The number of fused-ring (bicyclic) bond motifs is 1. The number of nitrogens with zero attached hydrogens (tertiary/aromatic N) is 2. The van der Waals surface area contributed by atoms with Gasteiger partial charge in [-0.2, -0.15) is 0 Å². The predicted molar refractivity (Wildman–Crippen MR) is 80.5 cm³/mol. The van der Waals surface area contributed by atoms with Gasteiger partial charge in [-0.25, -0.2) is 0 Å². The Morgan fingerprint density at radius 2 is 2.16 bits per heavy atom. The fourth-order valence-corrected chi connectivity index (χ4v) is 3.09. The second kappa shape index (κ2) is 4.79. The van der Waals surface area contributed by atoms with Gasteiger partial charge in [0.2, 0.25) is 0 Å². The molecule has 0 radical (unpaired) electrons. The highest BCUT2D eigenvalue weighted by Gasteiger charge is 2.11. The van der Waals surface area contributed by atoms with Crippen molar-refractivity contribution in [1.82, 2.24) is 9.55 Å². The summed E-state index contributed by atoms with van der Waals surface area (Å²) in [5.41, 5.74) is 12.7. The predicted octanol–water partition coefficient (Wildman–Crippen LogP) is 3.22. The summed E-state index contributed by atoms with van der Waals surface area (Å²) in [6.07, 6.45) is 1.94. The topological polar surface area (TPSA) is 43.8 Å². The molecule has 0 aliphatic heterocycles. The molecule has 0 fully saturated rings. The van der Waals surface area contributed by atoms with Crippen molar-refractivity contribution in [3.05, 3.63) is 51.6 Å². The fraction of sp³-hybridized carbons (Fsp3) is 0.267. The van der Waals surface area contributed by atoms with Gasteiger partial charge < -0.3 is 10.3 Å². The third-order valence-electron chi connectivity index (χ3n) is 3.74. The van der Waals surface area contributed by atoms with Crippen molar-refractivity contribution in [2.75, 3.05) is 0 Å². The molecule has 3 aromatic rings. The summed E-state index contributed by atoms with van der Waals surface area (Å²) < 4.78 is 2.36. The van der Waals surface area contributed by atoms with Gasteiger partial charge in [0.15, 0.2) is 0 Å². The van der Waals surface area contributed by atoms with Gasteiger partial charge in [-0.05, 0) is 37.1 Å². The Bertz CT molecular complexity index is 711. The van der Waals surface area contributed by atoms with Gasteiger partial charge in [-0.3, -0.25) is 4.98 Å². The van der Waals surface area contributed by atoms with E-state index in [9.17, 15) is 0 Å². The van der Waals surface area contributed by atoms with Gasteiger partial charge in [-0.1, -0.05) is 6.07 Å². The molecule has 2 heterocycles. The fourth-order valence-electron chi connectivity index (χ4n) is 2.50. The van der Waals surface area contributed by atoms with Crippen molar-refractivity contribution < 1.29 is 0 Å². The lowest BCUT2D eigenvalue weighted by atomic mass is 10.1. The number of thiazole rings is 1. The van der Waals surface area contributed by atoms with E-state index in [2.05, 4.69) is 41.6 Å². The van der Waals surface area contributed by atoms with Crippen molar-refractivity contribution in [3.63, 3.8) is 0 Å². The number of hydrogen-bond acceptors (Lipinski definition) is 3. The van der Waals surface area contributed by atoms with Crippen LogP contribution in [-0.4, -0.2) is 9.55 Å². The van der Waals surface area contributed by atoms with Crippen LogP contribution < -0.4 is 5.73 Å². The van der Waals surface area contributed by atoms with Crippen LogP contribution in [0.3, 0.4) is 0 Å². The molecule has 3 rings (SSSR count). The number of aromatic nitrogens is 2. The Hall–Kier alpha value is -1.65. The normalized spacial score (nSPS) is 11.3. The number of benzene rings is 1. The number of aryl methyl sites for hydroxylation is 1. The first-order valence-electron chi connectivity index (χ1n) is 6.36. The van der Waals surface area contributed by atoms with Gasteiger partial charge in [-0.15, -0.1) is 11.3 Å². The molecule has 19 heavy (non-hydrogen) atoms. The zero-order chi connectivity index (χ0) is 13.4. The minimum atomic E-state index is 0.592. The summed E-state index contributed by atoms with van der Waals surface area (Å²) >= 11 is 1.70. The third-order valence-corrected chi connectivity index (χ3v) is 4.50. The molecule has 0 saturated heterocycles. The van der Waals surface area contributed by atoms with Crippen LogP contribution in [0.25, 0.3) is 10.9 Å². The van der Waals surface area contributed by atoms with E-state index in [4.69, 9.17) is 5.73 Å². The molecular formula is C15H17N3S. The van der Waals surface area contributed by atoms with Crippen LogP contribution in [0, 0.1) is 13.8 Å². The van der Waals surface area contributed by atoms with Gasteiger partial charge in [0.1, 0.15) is 0 Å². The maximum atomic E-state index is 5.73. The molecule has 0 atom stereocenters. The minimum Gasteiger partial charge on any atom is -0.339 e. The lowest BCUT2D eigenvalue weighted by molar-refractivity contribution is 0.811. The van der Waals surface area contributed by atoms with E-state index < -0.39 is 0 Å². The zero-order valence-electron chi connectivity index (χ0n) is 11.2. The number of rotatable bonds is 3. The molecule has 0 aliphatic rings. The first-order valence-corrected chi connectivity index (χ1v) is 7.24. The Morgan fingerprint density at radius 3 is 2.84 bits per heavy atom.